The van der Waals surface area contributed by atoms with Crippen LogP contribution in [0.4, 0.5) is 0 Å². The third-order valence-electron chi connectivity index (χ3n) is 0.246. The van der Waals surface area contributed by atoms with Crippen LogP contribution in [0.5, 0.6) is 0 Å². The van der Waals surface area contributed by atoms with Crippen LogP contribution in [0.15, 0.2) is 0 Å². The van der Waals surface area contributed by atoms with Gasteiger partial charge in [-0.15, -0.1) is 0 Å². The zero-order chi connectivity index (χ0) is 4.12. The van der Waals surface area contributed by atoms with Crippen LogP contribution in [0.1, 0.15) is 0 Å². The molecule has 0 saturated heterocycles. The predicted molar refractivity (Wildman–Crippen MR) is 20.4 cm³/mol. The maximum absolute atomic E-state index is 4.52. The van der Waals surface area contributed by atoms with Crippen LogP contribution in [-0.2, 0) is 4.74 Å². The van der Waals surface area contributed by atoms with Gasteiger partial charge in [-0.05, 0) is 0 Å². The van der Waals surface area contributed by atoms with Crippen molar-refractivity contribution in [1.29, 1.82) is 0 Å². The van der Waals surface area contributed by atoms with Gasteiger partial charge in [0.1, 0.15) is 0 Å². The van der Waals surface area contributed by atoms with Crippen LogP contribution in [0.2, 0.25) is 0 Å². The minimum absolute atomic E-state index is 0.528. The molecule has 0 bridgehead atoms. The Hall–Kier alpha value is -0.0800. The maximum Gasteiger partial charge on any atom is 0.0961 e. The summed E-state index contributed by atoms with van der Waals surface area (Å²) in [4.78, 5) is 0. The lowest BCUT2D eigenvalue weighted by molar-refractivity contribution is 0.187. The van der Waals surface area contributed by atoms with Crippen molar-refractivity contribution in [2.75, 3.05) is 13.8 Å². The van der Waals surface area contributed by atoms with E-state index in [4.69, 9.17) is 0 Å². The summed E-state index contributed by atoms with van der Waals surface area (Å²) in [7, 11) is 4.91. The molecule has 0 unspecified atom stereocenters. The van der Waals surface area contributed by atoms with Crippen LogP contribution in [0, 0.1) is 7.05 Å². The lowest BCUT2D eigenvalue weighted by Gasteiger charge is -1.87. The van der Waals surface area contributed by atoms with E-state index in [0.717, 1.165) is 0 Å². The fraction of sp³-hybridized carbons (Fsp3) is 0.667. The third-order valence-corrected chi connectivity index (χ3v) is 0.246. The zero-order valence-electron chi connectivity index (χ0n) is 3.32. The molecule has 0 rings (SSSR count). The van der Waals surface area contributed by atoms with E-state index < -0.39 is 0 Å². The van der Waals surface area contributed by atoms with Gasteiger partial charge in [0.05, 0.1) is 6.73 Å². The number of ether oxygens (including phenoxy) is 1. The molecule has 31 valence electrons. The van der Waals surface area contributed by atoms with Crippen molar-refractivity contribution in [2.24, 2.45) is 0 Å². The summed E-state index contributed by atoms with van der Waals surface area (Å²) in [5, 5.41) is 2.55. The van der Waals surface area contributed by atoms with Gasteiger partial charge < -0.3 is 4.74 Å². The maximum atomic E-state index is 4.52. The highest BCUT2D eigenvalue weighted by atomic mass is 16.5. The van der Waals surface area contributed by atoms with E-state index in [0.29, 0.717) is 6.73 Å². The van der Waals surface area contributed by atoms with E-state index >= 15 is 0 Å². The van der Waals surface area contributed by atoms with E-state index in [1.165, 1.54) is 0 Å². The smallest absolute Gasteiger partial charge is 0.0961 e. The molecule has 0 aromatic heterocycles. The van der Waals surface area contributed by atoms with E-state index in [2.05, 4.69) is 17.1 Å². The van der Waals surface area contributed by atoms with Crippen LogP contribution in [0.3, 0.4) is 0 Å². The van der Waals surface area contributed by atoms with Gasteiger partial charge in [-0.3, -0.25) is 5.32 Å². The van der Waals surface area contributed by atoms with E-state index in [1.807, 2.05) is 0 Å². The number of hydrogen-bond acceptors (Lipinski definition) is 2. The van der Waals surface area contributed by atoms with Crippen molar-refractivity contribution in [3.63, 3.8) is 0 Å². The molecular formula is C3H8NO. The molecular weight excluding hydrogens is 66.0 g/mol. The molecule has 0 aliphatic rings. The zero-order valence-corrected chi connectivity index (χ0v) is 3.32. The van der Waals surface area contributed by atoms with Gasteiger partial charge in [-0.25, -0.2) is 0 Å². The van der Waals surface area contributed by atoms with Crippen molar-refractivity contribution in [2.45, 2.75) is 0 Å². The monoisotopic (exact) mass is 74.1 g/mol. The summed E-state index contributed by atoms with van der Waals surface area (Å²) in [6.45, 7) is 0.528. The Morgan fingerprint density at radius 1 is 2.00 bits per heavy atom. The van der Waals surface area contributed by atoms with Crippen LogP contribution in [-0.4, -0.2) is 13.8 Å². The van der Waals surface area contributed by atoms with E-state index in [1.54, 1.807) is 7.11 Å². The highest BCUT2D eigenvalue weighted by Gasteiger charge is 1.62. The Labute approximate surface area is 32.1 Å². The Bertz CT molecular complexity index is 14.4. The van der Waals surface area contributed by atoms with Crippen LogP contribution >= 0.6 is 0 Å². The fourth-order valence-corrected chi connectivity index (χ4v) is 0.102. The first-order valence-corrected chi connectivity index (χ1v) is 1.40. The summed E-state index contributed by atoms with van der Waals surface area (Å²) < 4.78 is 4.52. The molecule has 0 aliphatic carbocycles. The minimum atomic E-state index is 0.528. The minimum Gasteiger partial charge on any atom is -0.370 e. The Kier molecular flexibility index (Phi) is 3.86. The molecule has 0 spiro atoms. The lowest BCUT2D eigenvalue weighted by Crippen LogP contribution is -2.05. The first-order valence-electron chi connectivity index (χ1n) is 1.40. The second-order valence-corrected chi connectivity index (χ2v) is 0.683. The van der Waals surface area contributed by atoms with E-state index in [-0.39, 0.29) is 0 Å². The first-order chi connectivity index (χ1) is 2.41. The molecule has 2 nitrogen and oxygen atoms in total. The fourth-order valence-electron chi connectivity index (χ4n) is 0.102. The quantitative estimate of drug-likeness (QED) is 0.464. The van der Waals surface area contributed by atoms with Crippen molar-refractivity contribution in [3.05, 3.63) is 7.05 Å². The van der Waals surface area contributed by atoms with Crippen molar-refractivity contribution >= 4 is 0 Å². The summed E-state index contributed by atoms with van der Waals surface area (Å²) in [6, 6.07) is 0. The van der Waals surface area contributed by atoms with Gasteiger partial charge in [-0.1, -0.05) is 0 Å². The van der Waals surface area contributed by atoms with Crippen molar-refractivity contribution in [3.8, 4) is 0 Å². The standard InChI is InChI=1S/C3H8NO/c1-4-3-5-2/h4H,1,3H2,2H3. The number of rotatable bonds is 2. The highest BCUT2D eigenvalue weighted by Crippen LogP contribution is 1.50. The van der Waals surface area contributed by atoms with Gasteiger partial charge in [-0.2, -0.15) is 0 Å². The largest absolute Gasteiger partial charge is 0.370 e. The van der Waals surface area contributed by atoms with Gasteiger partial charge in [0.15, 0.2) is 0 Å². The second-order valence-electron chi connectivity index (χ2n) is 0.683. The number of nitrogens with one attached hydrogen (secondary N) is 1. The molecule has 0 aromatic carbocycles. The first kappa shape index (κ1) is 4.92. The van der Waals surface area contributed by atoms with Gasteiger partial charge in [0.25, 0.3) is 0 Å². The molecule has 0 heterocycles. The molecule has 0 atom stereocenters. The third kappa shape index (κ3) is 3.92. The Morgan fingerprint density at radius 2 is 2.60 bits per heavy atom. The number of methoxy groups -OCH3 is 1. The summed E-state index contributed by atoms with van der Waals surface area (Å²) in [5.74, 6) is 0. The Balaban J connectivity index is 2.19. The molecule has 5 heavy (non-hydrogen) atoms. The Morgan fingerprint density at radius 3 is 2.60 bits per heavy atom. The molecule has 0 aromatic rings. The molecule has 0 amide bonds. The molecule has 2 heteroatoms. The summed E-state index contributed by atoms with van der Waals surface area (Å²) in [6.07, 6.45) is 0. The van der Waals surface area contributed by atoms with E-state index in [9.17, 15) is 0 Å². The molecule has 1 radical (unpaired) electrons. The highest BCUT2D eigenvalue weighted by molar-refractivity contribution is 4.20. The lowest BCUT2D eigenvalue weighted by atomic mass is 11.2. The van der Waals surface area contributed by atoms with Crippen molar-refractivity contribution < 1.29 is 4.74 Å². The van der Waals surface area contributed by atoms with Crippen molar-refractivity contribution in [1.82, 2.24) is 5.32 Å². The second kappa shape index (κ2) is 3.92. The van der Waals surface area contributed by atoms with Gasteiger partial charge in [0, 0.05) is 14.2 Å². The van der Waals surface area contributed by atoms with Crippen LogP contribution < -0.4 is 5.32 Å². The van der Waals surface area contributed by atoms with Gasteiger partial charge in [0.2, 0.25) is 0 Å². The molecule has 0 fully saturated rings. The normalized spacial score (nSPS) is 8.40. The topological polar surface area (TPSA) is 21.3 Å². The average molecular weight is 74.1 g/mol. The van der Waals surface area contributed by atoms with Crippen LogP contribution in [0.25, 0.3) is 0 Å². The SMILES string of the molecule is [CH2]NCOC. The number of hydrogen-bond donors (Lipinski definition) is 1. The predicted octanol–water partition coefficient (Wildman–Crippen LogP) is -0.0285. The van der Waals surface area contributed by atoms with Gasteiger partial charge >= 0.3 is 0 Å². The summed E-state index contributed by atoms with van der Waals surface area (Å²) >= 11 is 0. The average Bonchev–Trinajstić information content (AvgIpc) is 1.41. The summed E-state index contributed by atoms with van der Waals surface area (Å²) in [5.41, 5.74) is 0. The molecule has 1 N–H and O–H groups in total. The molecule has 0 aliphatic heterocycles. The molecule has 0 saturated carbocycles.